The largest absolute Gasteiger partial charge is 0.337 e. The quantitative estimate of drug-likeness (QED) is 0.865. The van der Waals surface area contributed by atoms with E-state index in [4.69, 9.17) is 17.3 Å². The van der Waals surface area contributed by atoms with E-state index in [0.29, 0.717) is 17.1 Å². The zero-order valence-electron chi connectivity index (χ0n) is 8.62. The van der Waals surface area contributed by atoms with Crippen LogP contribution in [0, 0.1) is 0 Å². The molecule has 0 aromatic heterocycles. The summed E-state index contributed by atoms with van der Waals surface area (Å²) in [6.45, 7) is 1.36. The minimum atomic E-state index is 0.00218. The van der Waals surface area contributed by atoms with Crippen LogP contribution in [0.5, 0.6) is 0 Å². The molecule has 2 rings (SSSR count). The van der Waals surface area contributed by atoms with Crippen molar-refractivity contribution in [2.24, 2.45) is 5.73 Å². The van der Waals surface area contributed by atoms with E-state index in [0.717, 1.165) is 17.4 Å². The van der Waals surface area contributed by atoms with Crippen LogP contribution in [0.3, 0.4) is 0 Å². The van der Waals surface area contributed by atoms with E-state index in [2.05, 4.69) is 15.9 Å². The average molecular weight is 304 g/mol. The Morgan fingerprint density at radius 2 is 2.31 bits per heavy atom. The van der Waals surface area contributed by atoms with Crippen molar-refractivity contribution in [3.8, 4) is 0 Å². The Balaban J connectivity index is 2.18. The zero-order valence-corrected chi connectivity index (χ0v) is 11.0. The number of carbonyl (C=O) groups excluding carboxylic acids is 1. The summed E-state index contributed by atoms with van der Waals surface area (Å²) >= 11 is 9.25. The monoisotopic (exact) mass is 302 g/mol. The summed E-state index contributed by atoms with van der Waals surface area (Å²) < 4.78 is 0.795. The lowest BCUT2D eigenvalue weighted by atomic mass is 10.2. The van der Waals surface area contributed by atoms with Crippen molar-refractivity contribution in [1.29, 1.82) is 0 Å². The maximum absolute atomic E-state index is 12.1. The number of nitrogens with zero attached hydrogens (tertiary/aromatic N) is 1. The minimum Gasteiger partial charge on any atom is -0.337 e. The van der Waals surface area contributed by atoms with E-state index < -0.39 is 0 Å². The fourth-order valence-electron chi connectivity index (χ4n) is 1.78. The van der Waals surface area contributed by atoms with Crippen LogP contribution in [0.15, 0.2) is 22.7 Å². The van der Waals surface area contributed by atoms with Crippen LogP contribution in [0.25, 0.3) is 0 Å². The molecule has 1 unspecified atom stereocenters. The Morgan fingerprint density at radius 1 is 1.56 bits per heavy atom. The molecule has 16 heavy (non-hydrogen) atoms. The van der Waals surface area contributed by atoms with Gasteiger partial charge in [0.1, 0.15) is 0 Å². The number of hydrogen-bond donors (Lipinski definition) is 1. The Hall–Kier alpha value is -0.580. The van der Waals surface area contributed by atoms with Crippen molar-refractivity contribution in [2.45, 2.75) is 12.5 Å². The van der Waals surface area contributed by atoms with Gasteiger partial charge in [0.25, 0.3) is 5.91 Å². The van der Waals surface area contributed by atoms with E-state index in [9.17, 15) is 4.79 Å². The summed E-state index contributed by atoms with van der Waals surface area (Å²) in [5.74, 6) is 0.00218. The highest BCUT2D eigenvalue weighted by molar-refractivity contribution is 9.10. The maximum atomic E-state index is 12.1. The van der Waals surface area contributed by atoms with Crippen molar-refractivity contribution < 1.29 is 4.79 Å². The Morgan fingerprint density at radius 3 is 2.88 bits per heavy atom. The number of halogens is 2. The average Bonchev–Trinajstić information content (AvgIpc) is 2.68. The molecule has 1 saturated heterocycles. The molecule has 1 fully saturated rings. The molecule has 0 radical (unpaired) electrons. The van der Waals surface area contributed by atoms with Gasteiger partial charge in [-0.05, 0) is 40.5 Å². The minimum absolute atomic E-state index is 0.00218. The third-order valence-corrected chi connectivity index (χ3v) is 3.91. The molecule has 1 amide bonds. The summed E-state index contributed by atoms with van der Waals surface area (Å²) in [6.07, 6.45) is 0.871. The Bertz CT molecular complexity index is 424. The van der Waals surface area contributed by atoms with E-state index >= 15 is 0 Å². The first-order valence-corrected chi connectivity index (χ1v) is 6.25. The smallest absolute Gasteiger partial charge is 0.253 e. The number of benzene rings is 1. The van der Waals surface area contributed by atoms with Gasteiger partial charge in [-0.15, -0.1) is 0 Å². The SMILES string of the molecule is NC1CCN(C(=O)c2ccc(Br)c(Cl)c2)C1. The van der Waals surface area contributed by atoms with Crippen LogP contribution in [0.4, 0.5) is 0 Å². The Kier molecular flexibility index (Phi) is 3.52. The van der Waals surface area contributed by atoms with Crippen molar-refractivity contribution >= 4 is 33.4 Å². The molecular weight excluding hydrogens is 291 g/mol. The molecule has 1 heterocycles. The first kappa shape index (κ1) is 11.9. The van der Waals surface area contributed by atoms with E-state index in [1.165, 1.54) is 0 Å². The molecule has 1 aromatic rings. The standard InChI is InChI=1S/C11H12BrClN2O/c12-9-2-1-7(5-10(9)13)11(16)15-4-3-8(14)6-15/h1-2,5,8H,3-4,6,14H2. The second-order valence-corrected chi connectivity index (χ2v) is 5.19. The molecule has 2 N–H and O–H groups in total. The lowest BCUT2D eigenvalue weighted by Gasteiger charge is -2.15. The number of rotatable bonds is 1. The van der Waals surface area contributed by atoms with Gasteiger partial charge in [-0.2, -0.15) is 0 Å². The van der Waals surface area contributed by atoms with Gasteiger partial charge in [0.2, 0.25) is 0 Å². The molecule has 0 aliphatic carbocycles. The van der Waals surface area contributed by atoms with Gasteiger partial charge < -0.3 is 10.6 Å². The molecule has 0 spiro atoms. The van der Waals surface area contributed by atoms with Crippen molar-refractivity contribution in [1.82, 2.24) is 4.90 Å². The molecule has 0 saturated carbocycles. The first-order chi connectivity index (χ1) is 7.58. The molecule has 1 atom stereocenters. The lowest BCUT2D eigenvalue weighted by molar-refractivity contribution is 0.0791. The molecule has 1 aliphatic rings. The third kappa shape index (κ3) is 2.39. The summed E-state index contributed by atoms with van der Waals surface area (Å²) in [5, 5.41) is 0.550. The predicted octanol–water partition coefficient (Wildman–Crippen LogP) is 2.28. The van der Waals surface area contributed by atoms with E-state index in [-0.39, 0.29) is 11.9 Å². The maximum Gasteiger partial charge on any atom is 0.253 e. The number of hydrogen-bond acceptors (Lipinski definition) is 2. The lowest BCUT2D eigenvalue weighted by Crippen LogP contribution is -2.31. The second kappa shape index (κ2) is 4.73. The van der Waals surface area contributed by atoms with Crippen molar-refractivity contribution in [3.63, 3.8) is 0 Å². The molecule has 1 aliphatic heterocycles. The van der Waals surface area contributed by atoms with Gasteiger partial charge in [-0.25, -0.2) is 0 Å². The summed E-state index contributed by atoms with van der Waals surface area (Å²) in [6, 6.07) is 5.33. The number of amides is 1. The third-order valence-electron chi connectivity index (χ3n) is 2.68. The van der Waals surface area contributed by atoms with Crippen LogP contribution in [0.2, 0.25) is 5.02 Å². The fraction of sp³-hybridized carbons (Fsp3) is 0.364. The molecule has 1 aromatic carbocycles. The van der Waals surface area contributed by atoms with Gasteiger partial charge in [-0.3, -0.25) is 4.79 Å². The van der Waals surface area contributed by atoms with Crippen molar-refractivity contribution in [2.75, 3.05) is 13.1 Å². The molecule has 0 bridgehead atoms. The highest BCUT2D eigenvalue weighted by Crippen LogP contribution is 2.24. The summed E-state index contributed by atoms with van der Waals surface area (Å²) in [4.78, 5) is 13.8. The van der Waals surface area contributed by atoms with Gasteiger partial charge in [-0.1, -0.05) is 11.6 Å². The van der Waals surface area contributed by atoms with Gasteiger partial charge in [0, 0.05) is 29.2 Å². The summed E-state index contributed by atoms with van der Waals surface area (Å²) in [5.41, 5.74) is 6.38. The van der Waals surface area contributed by atoms with E-state index in [1.807, 2.05) is 0 Å². The van der Waals surface area contributed by atoms with Crippen LogP contribution < -0.4 is 5.73 Å². The molecule has 5 heteroatoms. The van der Waals surface area contributed by atoms with Crippen LogP contribution >= 0.6 is 27.5 Å². The van der Waals surface area contributed by atoms with Gasteiger partial charge in [0.15, 0.2) is 0 Å². The molecular formula is C11H12BrClN2O. The zero-order chi connectivity index (χ0) is 11.7. The molecule has 3 nitrogen and oxygen atoms in total. The second-order valence-electron chi connectivity index (χ2n) is 3.93. The normalized spacial score (nSPS) is 20.2. The van der Waals surface area contributed by atoms with Gasteiger partial charge >= 0.3 is 0 Å². The fourth-order valence-corrected chi connectivity index (χ4v) is 2.21. The van der Waals surface area contributed by atoms with Crippen LogP contribution in [-0.4, -0.2) is 29.9 Å². The topological polar surface area (TPSA) is 46.3 Å². The molecule has 86 valence electrons. The highest BCUT2D eigenvalue weighted by atomic mass is 79.9. The number of carbonyl (C=O) groups is 1. The predicted molar refractivity (Wildman–Crippen MR) is 67.6 cm³/mol. The Labute approximate surface area is 108 Å². The number of likely N-dealkylation sites (tertiary alicyclic amines) is 1. The number of nitrogens with two attached hydrogens (primary N) is 1. The first-order valence-electron chi connectivity index (χ1n) is 5.08. The van der Waals surface area contributed by atoms with Gasteiger partial charge in [0.05, 0.1) is 5.02 Å². The highest BCUT2D eigenvalue weighted by Gasteiger charge is 2.24. The van der Waals surface area contributed by atoms with Crippen molar-refractivity contribution in [3.05, 3.63) is 33.3 Å². The van der Waals surface area contributed by atoms with E-state index in [1.54, 1.807) is 23.1 Å². The summed E-state index contributed by atoms with van der Waals surface area (Å²) in [7, 11) is 0. The van der Waals surface area contributed by atoms with Crippen LogP contribution in [0.1, 0.15) is 16.8 Å². The van der Waals surface area contributed by atoms with Crippen LogP contribution in [-0.2, 0) is 0 Å².